The normalized spacial score (nSPS) is 13.7. The fourth-order valence-corrected chi connectivity index (χ4v) is 2.06. The Morgan fingerprint density at radius 2 is 2.00 bits per heavy atom. The average Bonchev–Trinajstić information content (AvgIpc) is 2.14. The van der Waals surface area contributed by atoms with Gasteiger partial charge in [-0.1, -0.05) is 0 Å². The predicted molar refractivity (Wildman–Crippen MR) is 57.8 cm³/mol. The molecule has 1 atom stereocenters. The van der Waals surface area contributed by atoms with Gasteiger partial charge in [-0.25, -0.2) is 0 Å². The van der Waals surface area contributed by atoms with Crippen molar-refractivity contribution in [3.63, 3.8) is 0 Å². The highest BCUT2D eigenvalue weighted by atomic mass is 32.2. The van der Waals surface area contributed by atoms with Crippen LogP contribution in [0.2, 0.25) is 0 Å². The van der Waals surface area contributed by atoms with E-state index in [1.54, 1.807) is 12.4 Å². The van der Waals surface area contributed by atoms with E-state index in [4.69, 9.17) is 4.55 Å². The Bertz CT molecular complexity index is 388. The first-order chi connectivity index (χ1) is 6.97. The van der Waals surface area contributed by atoms with E-state index < -0.39 is 10.1 Å². The third kappa shape index (κ3) is 5.49. The molecule has 4 nitrogen and oxygen atoms in total. The zero-order valence-corrected chi connectivity index (χ0v) is 9.15. The van der Waals surface area contributed by atoms with Crippen LogP contribution < -0.4 is 0 Å². The summed E-state index contributed by atoms with van der Waals surface area (Å²) in [5, 5.41) is 0. The lowest BCUT2D eigenvalue weighted by molar-refractivity contribution is 0.470. The Kier molecular flexibility index (Phi) is 4.23. The van der Waals surface area contributed by atoms with E-state index in [2.05, 4.69) is 11.9 Å². The molecule has 0 bridgehead atoms. The molecule has 1 aromatic heterocycles. The topological polar surface area (TPSA) is 67.3 Å². The molecular formula is C10H14NO3S. The van der Waals surface area contributed by atoms with Crippen molar-refractivity contribution < 1.29 is 13.0 Å². The van der Waals surface area contributed by atoms with Gasteiger partial charge in [0.1, 0.15) is 0 Å². The first-order valence-corrected chi connectivity index (χ1v) is 6.25. The third-order valence-electron chi connectivity index (χ3n) is 2.04. The average molecular weight is 228 g/mol. The molecule has 0 aliphatic carbocycles. The monoisotopic (exact) mass is 228 g/mol. The lowest BCUT2D eigenvalue weighted by Crippen LogP contribution is -2.13. The zero-order chi connectivity index (χ0) is 11.3. The van der Waals surface area contributed by atoms with E-state index in [9.17, 15) is 8.42 Å². The predicted octanol–water partition coefficient (Wildman–Crippen LogP) is 1.35. The molecule has 0 fully saturated rings. The summed E-state index contributed by atoms with van der Waals surface area (Å²) in [4.78, 5) is 3.88. The van der Waals surface area contributed by atoms with Crippen molar-refractivity contribution >= 4 is 10.1 Å². The van der Waals surface area contributed by atoms with Gasteiger partial charge in [0.15, 0.2) is 0 Å². The quantitative estimate of drug-likeness (QED) is 0.772. The summed E-state index contributed by atoms with van der Waals surface area (Å²) in [7, 11) is -3.90. The smallest absolute Gasteiger partial charge is 0.265 e. The van der Waals surface area contributed by atoms with Gasteiger partial charge in [0.2, 0.25) is 0 Å². The summed E-state index contributed by atoms with van der Waals surface area (Å²) in [6.07, 6.45) is 4.75. The molecule has 83 valence electrons. The molecule has 1 radical (unpaired) electrons. The maximum Gasteiger partial charge on any atom is 0.265 e. The molecule has 5 heteroatoms. The fraction of sp³-hybridized carbons (Fsp3) is 0.400. The van der Waals surface area contributed by atoms with Gasteiger partial charge < -0.3 is 0 Å². The maximum absolute atomic E-state index is 10.6. The number of hydrogen-bond donors (Lipinski definition) is 1. The second-order valence-corrected chi connectivity index (χ2v) is 5.01. The third-order valence-corrected chi connectivity index (χ3v) is 2.93. The van der Waals surface area contributed by atoms with Crippen molar-refractivity contribution in [2.45, 2.75) is 12.8 Å². The molecule has 1 rings (SSSR count). The largest absolute Gasteiger partial charge is 0.286 e. The number of aryl methyl sites for hydroxylation is 1. The zero-order valence-electron chi connectivity index (χ0n) is 8.33. The summed E-state index contributed by atoms with van der Waals surface area (Å²) in [5.74, 6) is -0.564. The van der Waals surface area contributed by atoms with E-state index in [1.807, 2.05) is 12.1 Å². The Labute approximate surface area is 90.1 Å². The Morgan fingerprint density at radius 3 is 2.53 bits per heavy atom. The van der Waals surface area contributed by atoms with Gasteiger partial charge >= 0.3 is 0 Å². The molecule has 0 aliphatic heterocycles. The second kappa shape index (κ2) is 5.23. The van der Waals surface area contributed by atoms with Crippen LogP contribution in [0.15, 0.2) is 24.5 Å². The van der Waals surface area contributed by atoms with Gasteiger partial charge in [-0.2, -0.15) is 8.42 Å². The van der Waals surface area contributed by atoms with Crippen molar-refractivity contribution in [1.82, 2.24) is 4.98 Å². The van der Waals surface area contributed by atoms with Crippen LogP contribution in [-0.2, 0) is 16.5 Å². The molecule has 1 unspecified atom stereocenters. The second-order valence-electron chi connectivity index (χ2n) is 3.51. The van der Waals surface area contributed by atoms with Crippen LogP contribution in [0.3, 0.4) is 0 Å². The molecule has 1 aromatic rings. The van der Waals surface area contributed by atoms with E-state index in [-0.39, 0.29) is 11.7 Å². The molecule has 0 spiro atoms. The van der Waals surface area contributed by atoms with Crippen LogP contribution >= 0.6 is 0 Å². The highest BCUT2D eigenvalue weighted by molar-refractivity contribution is 7.85. The van der Waals surface area contributed by atoms with Crippen LogP contribution in [-0.4, -0.2) is 23.7 Å². The van der Waals surface area contributed by atoms with Gasteiger partial charge in [0.05, 0.1) is 5.75 Å². The number of aromatic nitrogens is 1. The minimum absolute atomic E-state index is 0.280. The minimum atomic E-state index is -3.90. The first-order valence-electron chi connectivity index (χ1n) is 4.64. The van der Waals surface area contributed by atoms with Crippen LogP contribution in [0.1, 0.15) is 12.0 Å². The summed E-state index contributed by atoms with van der Waals surface area (Å²) in [6.45, 7) is 3.68. The Balaban J connectivity index is 2.38. The molecule has 1 heterocycles. The summed E-state index contributed by atoms with van der Waals surface area (Å²) < 4.78 is 29.7. The number of rotatable bonds is 5. The molecule has 0 aliphatic rings. The van der Waals surface area contributed by atoms with Crippen LogP contribution in [0, 0.1) is 12.8 Å². The standard InChI is InChI=1S/C10H14NO3S/c1-9(8-15(12,13)14)2-3-10-4-6-11-7-5-10/h4-7,9H,1-3,8H2,(H,12,13,14). The van der Waals surface area contributed by atoms with Crippen LogP contribution in [0.5, 0.6) is 0 Å². The number of pyridine rings is 1. The van der Waals surface area contributed by atoms with E-state index in [0.717, 1.165) is 12.0 Å². The van der Waals surface area contributed by atoms with Crippen molar-refractivity contribution in [3.8, 4) is 0 Å². The highest BCUT2D eigenvalue weighted by Gasteiger charge is 2.12. The summed E-state index contributed by atoms with van der Waals surface area (Å²) in [5.41, 5.74) is 1.09. The molecule has 0 amide bonds. The molecule has 15 heavy (non-hydrogen) atoms. The minimum Gasteiger partial charge on any atom is -0.286 e. The number of nitrogens with zero attached hydrogens (tertiary/aromatic N) is 1. The van der Waals surface area contributed by atoms with Crippen molar-refractivity contribution in [2.75, 3.05) is 5.75 Å². The first kappa shape index (κ1) is 12.1. The fourth-order valence-electron chi connectivity index (χ4n) is 1.30. The van der Waals surface area contributed by atoms with Gasteiger partial charge in [-0.15, -0.1) is 0 Å². The van der Waals surface area contributed by atoms with Gasteiger partial charge in [-0.05, 0) is 43.4 Å². The lowest BCUT2D eigenvalue weighted by Gasteiger charge is -2.08. The van der Waals surface area contributed by atoms with Gasteiger partial charge in [0, 0.05) is 12.4 Å². The molecular weight excluding hydrogens is 214 g/mol. The SMILES string of the molecule is [CH2]C(CCc1ccncc1)CS(=O)(=O)O. The molecule has 0 saturated heterocycles. The lowest BCUT2D eigenvalue weighted by atomic mass is 10.0. The van der Waals surface area contributed by atoms with Crippen LogP contribution in [0.4, 0.5) is 0 Å². The molecule has 0 saturated carbocycles. The maximum atomic E-state index is 10.6. The molecule has 0 aromatic carbocycles. The Morgan fingerprint density at radius 1 is 1.40 bits per heavy atom. The van der Waals surface area contributed by atoms with Crippen molar-refractivity contribution in [1.29, 1.82) is 0 Å². The number of hydrogen-bond acceptors (Lipinski definition) is 3. The van der Waals surface area contributed by atoms with E-state index >= 15 is 0 Å². The highest BCUT2D eigenvalue weighted by Crippen LogP contribution is 2.10. The van der Waals surface area contributed by atoms with E-state index in [0.29, 0.717) is 6.42 Å². The van der Waals surface area contributed by atoms with Crippen molar-refractivity contribution in [3.05, 3.63) is 37.0 Å². The van der Waals surface area contributed by atoms with Gasteiger partial charge in [-0.3, -0.25) is 9.54 Å². The van der Waals surface area contributed by atoms with Crippen molar-refractivity contribution in [2.24, 2.45) is 5.92 Å². The van der Waals surface area contributed by atoms with Crippen LogP contribution in [0.25, 0.3) is 0 Å². The van der Waals surface area contributed by atoms with E-state index in [1.165, 1.54) is 0 Å². The summed E-state index contributed by atoms with van der Waals surface area (Å²) in [6, 6.07) is 3.75. The Hall–Kier alpha value is -0.940. The summed E-state index contributed by atoms with van der Waals surface area (Å²) >= 11 is 0. The molecule has 1 N–H and O–H groups in total. The van der Waals surface area contributed by atoms with Gasteiger partial charge in [0.25, 0.3) is 10.1 Å².